The highest BCUT2D eigenvalue weighted by Crippen LogP contribution is 2.24. The first-order valence-corrected chi connectivity index (χ1v) is 5.81. The molecular weight excluding hydrogens is 266 g/mol. The Balaban J connectivity index is 2.23. The lowest BCUT2D eigenvalue weighted by atomic mass is 10.1. The SMILES string of the molecule is Cc1ccc(Oc2ccc(Br)cn2)c(C)c1. The van der Waals surface area contributed by atoms with E-state index in [9.17, 15) is 0 Å². The number of halogens is 1. The Bertz CT molecular complexity index is 494. The van der Waals surface area contributed by atoms with Crippen LogP contribution in [0.1, 0.15) is 11.1 Å². The minimum absolute atomic E-state index is 0.607. The summed E-state index contributed by atoms with van der Waals surface area (Å²) in [5, 5.41) is 0. The second kappa shape index (κ2) is 4.66. The molecule has 0 fully saturated rings. The maximum Gasteiger partial charge on any atom is 0.219 e. The molecule has 0 atom stereocenters. The summed E-state index contributed by atoms with van der Waals surface area (Å²) in [6.07, 6.45) is 1.72. The molecule has 82 valence electrons. The van der Waals surface area contributed by atoms with Gasteiger partial charge in [-0.2, -0.15) is 0 Å². The second-order valence-corrected chi connectivity index (χ2v) is 4.60. The Morgan fingerprint density at radius 3 is 2.56 bits per heavy atom. The molecule has 0 aliphatic heterocycles. The quantitative estimate of drug-likeness (QED) is 0.819. The van der Waals surface area contributed by atoms with E-state index in [0.29, 0.717) is 5.88 Å². The van der Waals surface area contributed by atoms with Crippen LogP contribution in [0.2, 0.25) is 0 Å². The number of aryl methyl sites for hydroxylation is 2. The number of nitrogens with zero attached hydrogens (tertiary/aromatic N) is 1. The van der Waals surface area contributed by atoms with Gasteiger partial charge in [0.2, 0.25) is 5.88 Å². The summed E-state index contributed by atoms with van der Waals surface area (Å²) in [5.41, 5.74) is 2.35. The molecule has 0 N–H and O–H groups in total. The fourth-order valence-electron chi connectivity index (χ4n) is 1.45. The van der Waals surface area contributed by atoms with E-state index < -0.39 is 0 Å². The van der Waals surface area contributed by atoms with Crippen molar-refractivity contribution in [1.29, 1.82) is 0 Å². The first-order chi connectivity index (χ1) is 7.65. The second-order valence-electron chi connectivity index (χ2n) is 3.69. The van der Waals surface area contributed by atoms with Gasteiger partial charge in [0.15, 0.2) is 0 Å². The van der Waals surface area contributed by atoms with E-state index in [1.165, 1.54) is 5.56 Å². The van der Waals surface area contributed by atoms with Gasteiger partial charge in [0, 0.05) is 16.7 Å². The predicted octanol–water partition coefficient (Wildman–Crippen LogP) is 4.25. The van der Waals surface area contributed by atoms with Gasteiger partial charge in [-0.15, -0.1) is 0 Å². The van der Waals surface area contributed by atoms with Crippen molar-refractivity contribution in [2.45, 2.75) is 13.8 Å². The molecule has 0 unspecified atom stereocenters. The number of ether oxygens (including phenoxy) is 1. The maximum absolute atomic E-state index is 5.69. The highest BCUT2D eigenvalue weighted by atomic mass is 79.9. The molecule has 1 heterocycles. The molecule has 0 bridgehead atoms. The molecule has 2 aromatic rings. The number of pyridine rings is 1. The van der Waals surface area contributed by atoms with Crippen molar-refractivity contribution >= 4 is 15.9 Å². The summed E-state index contributed by atoms with van der Waals surface area (Å²) in [4.78, 5) is 4.17. The molecule has 0 radical (unpaired) electrons. The zero-order chi connectivity index (χ0) is 11.5. The van der Waals surface area contributed by atoms with Gasteiger partial charge in [-0.1, -0.05) is 17.7 Å². The predicted molar refractivity (Wildman–Crippen MR) is 67.9 cm³/mol. The molecular formula is C13H12BrNO. The standard InChI is InChI=1S/C13H12BrNO/c1-9-3-5-12(10(2)7-9)16-13-6-4-11(14)8-15-13/h3-8H,1-2H3. The van der Waals surface area contributed by atoms with Crippen molar-refractivity contribution in [1.82, 2.24) is 4.98 Å². The van der Waals surface area contributed by atoms with Gasteiger partial charge in [0.1, 0.15) is 5.75 Å². The molecule has 0 amide bonds. The van der Waals surface area contributed by atoms with Crippen LogP contribution in [0.3, 0.4) is 0 Å². The van der Waals surface area contributed by atoms with Gasteiger partial charge in [-0.3, -0.25) is 0 Å². The third-order valence-corrected chi connectivity index (χ3v) is 2.71. The Hall–Kier alpha value is -1.35. The van der Waals surface area contributed by atoms with Crippen LogP contribution in [0.5, 0.6) is 11.6 Å². The van der Waals surface area contributed by atoms with Crippen LogP contribution in [-0.2, 0) is 0 Å². The Kier molecular flexibility index (Phi) is 3.25. The zero-order valence-electron chi connectivity index (χ0n) is 9.20. The van der Waals surface area contributed by atoms with Crippen LogP contribution >= 0.6 is 15.9 Å². The average Bonchev–Trinajstić information content (AvgIpc) is 2.25. The van der Waals surface area contributed by atoms with Gasteiger partial charge in [0.05, 0.1) is 0 Å². The van der Waals surface area contributed by atoms with Gasteiger partial charge in [-0.05, 0) is 47.5 Å². The van der Waals surface area contributed by atoms with Crippen LogP contribution in [0.4, 0.5) is 0 Å². The van der Waals surface area contributed by atoms with Gasteiger partial charge in [0.25, 0.3) is 0 Å². The molecule has 0 aliphatic rings. The molecule has 3 heteroatoms. The number of rotatable bonds is 2. The number of hydrogen-bond donors (Lipinski definition) is 0. The monoisotopic (exact) mass is 277 g/mol. The molecule has 0 aliphatic carbocycles. The molecule has 1 aromatic carbocycles. The summed E-state index contributed by atoms with van der Waals surface area (Å²) < 4.78 is 6.63. The summed E-state index contributed by atoms with van der Waals surface area (Å²) in [6.45, 7) is 4.09. The van der Waals surface area contributed by atoms with E-state index in [-0.39, 0.29) is 0 Å². The Morgan fingerprint density at radius 2 is 1.94 bits per heavy atom. The van der Waals surface area contributed by atoms with Gasteiger partial charge < -0.3 is 4.74 Å². The van der Waals surface area contributed by atoms with Gasteiger partial charge in [-0.25, -0.2) is 4.98 Å². The summed E-state index contributed by atoms with van der Waals surface area (Å²) in [6, 6.07) is 9.83. The van der Waals surface area contributed by atoms with E-state index in [4.69, 9.17) is 4.74 Å². The fourth-order valence-corrected chi connectivity index (χ4v) is 1.68. The Morgan fingerprint density at radius 1 is 1.12 bits per heavy atom. The number of hydrogen-bond acceptors (Lipinski definition) is 2. The molecule has 2 nitrogen and oxygen atoms in total. The van der Waals surface area contributed by atoms with E-state index in [2.05, 4.69) is 33.9 Å². The number of benzene rings is 1. The van der Waals surface area contributed by atoms with Crippen LogP contribution in [-0.4, -0.2) is 4.98 Å². The fraction of sp³-hybridized carbons (Fsp3) is 0.154. The molecule has 1 aromatic heterocycles. The van der Waals surface area contributed by atoms with Crippen molar-refractivity contribution in [3.05, 3.63) is 52.1 Å². The highest BCUT2D eigenvalue weighted by Gasteiger charge is 2.02. The first kappa shape index (κ1) is 11.1. The van der Waals surface area contributed by atoms with Crippen LogP contribution < -0.4 is 4.74 Å². The average molecular weight is 278 g/mol. The summed E-state index contributed by atoms with van der Waals surface area (Å²) >= 11 is 3.34. The third-order valence-electron chi connectivity index (χ3n) is 2.25. The molecule has 0 saturated carbocycles. The van der Waals surface area contributed by atoms with E-state index in [1.807, 2.05) is 31.2 Å². The highest BCUT2D eigenvalue weighted by molar-refractivity contribution is 9.10. The van der Waals surface area contributed by atoms with Crippen LogP contribution in [0, 0.1) is 13.8 Å². The first-order valence-electron chi connectivity index (χ1n) is 5.02. The molecule has 2 rings (SSSR count). The maximum atomic E-state index is 5.69. The normalized spacial score (nSPS) is 10.2. The lowest BCUT2D eigenvalue weighted by Crippen LogP contribution is -1.90. The van der Waals surface area contributed by atoms with Crippen LogP contribution in [0.25, 0.3) is 0 Å². The van der Waals surface area contributed by atoms with Crippen molar-refractivity contribution in [3.63, 3.8) is 0 Å². The summed E-state index contributed by atoms with van der Waals surface area (Å²) in [5.74, 6) is 1.45. The summed E-state index contributed by atoms with van der Waals surface area (Å²) in [7, 11) is 0. The topological polar surface area (TPSA) is 22.1 Å². The van der Waals surface area contributed by atoms with Crippen molar-refractivity contribution in [3.8, 4) is 11.6 Å². The van der Waals surface area contributed by atoms with Crippen LogP contribution in [0.15, 0.2) is 41.0 Å². The van der Waals surface area contributed by atoms with E-state index in [1.54, 1.807) is 6.20 Å². The van der Waals surface area contributed by atoms with E-state index >= 15 is 0 Å². The molecule has 16 heavy (non-hydrogen) atoms. The minimum atomic E-state index is 0.607. The lowest BCUT2D eigenvalue weighted by Gasteiger charge is -2.08. The largest absolute Gasteiger partial charge is 0.439 e. The lowest BCUT2D eigenvalue weighted by molar-refractivity contribution is 0.459. The molecule has 0 saturated heterocycles. The van der Waals surface area contributed by atoms with Gasteiger partial charge >= 0.3 is 0 Å². The Labute approximate surface area is 103 Å². The van der Waals surface area contributed by atoms with Crippen molar-refractivity contribution in [2.75, 3.05) is 0 Å². The van der Waals surface area contributed by atoms with E-state index in [0.717, 1.165) is 15.8 Å². The minimum Gasteiger partial charge on any atom is -0.439 e. The third kappa shape index (κ3) is 2.61. The number of aromatic nitrogens is 1. The smallest absolute Gasteiger partial charge is 0.219 e. The zero-order valence-corrected chi connectivity index (χ0v) is 10.8. The molecule has 0 spiro atoms. The van der Waals surface area contributed by atoms with Crippen molar-refractivity contribution in [2.24, 2.45) is 0 Å². The van der Waals surface area contributed by atoms with Crippen molar-refractivity contribution < 1.29 is 4.74 Å².